The van der Waals surface area contributed by atoms with Crippen LogP contribution in [-0.4, -0.2) is 41.2 Å². The number of hydrogen-bond acceptors (Lipinski definition) is 3. The third kappa shape index (κ3) is 4.63. The van der Waals surface area contributed by atoms with Crippen LogP contribution in [0.4, 0.5) is 19.0 Å². The largest absolute Gasteiger partial charge is 0.435 e. The highest BCUT2D eigenvalue weighted by molar-refractivity contribution is 5.79. The minimum atomic E-state index is -4.62. The molecule has 1 heterocycles. The zero-order valence-corrected chi connectivity index (χ0v) is 17.7. The van der Waals surface area contributed by atoms with Crippen LogP contribution in [-0.2, 0) is 17.5 Å². The van der Waals surface area contributed by atoms with Crippen molar-refractivity contribution in [1.82, 2.24) is 14.7 Å². The molecule has 1 saturated carbocycles. The van der Waals surface area contributed by atoms with Gasteiger partial charge in [-0.25, -0.2) is 4.68 Å². The summed E-state index contributed by atoms with van der Waals surface area (Å²) < 4.78 is 43.2. The molecule has 5 nitrogen and oxygen atoms in total. The lowest BCUT2D eigenvalue weighted by Gasteiger charge is -2.27. The van der Waals surface area contributed by atoms with Gasteiger partial charge in [-0.3, -0.25) is 4.79 Å². The smallest absolute Gasteiger partial charge is 0.362 e. The van der Waals surface area contributed by atoms with Gasteiger partial charge >= 0.3 is 6.18 Å². The summed E-state index contributed by atoms with van der Waals surface area (Å²) in [7, 11) is 3.39. The van der Waals surface area contributed by atoms with Crippen LogP contribution in [0.3, 0.4) is 0 Å². The summed E-state index contributed by atoms with van der Waals surface area (Å²) in [5.41, 5.74) is -0.353. The second-order valence-corrected chi connectivity index (χ2v) is 8.03. The number of carbonyl (C=O) groups excluding carboxylic acids is 1. The lowest BCUT2D eigenvalue weighted by molar-refractivity contribution is -0.143. The topological polar surface area (TPSA) is 41.4 Å². The number of halogens is 3. The Morgan fingerprint density at radius 1 is 1.17 bits per heavy atom. The average Bonchev–Trinajstić information content (AvgIpc) is 3.35. The third-order valence-corrected chi connectivity index (χ3v) is 5.51. The Bertz CT molecular complexity index is 855. The maximum atomic E-state index is 14.0. The summed E-state index contributed by atoms with van der Waals surface area (Å²) in [6, 6.07) is 8.76. The maximum absolute atomic E-state index is 14.0. The van der Waals surface area contributed by atoms with Gasteiger partial charge in [0, 0.05) is 32.1 Å². The quantitative estimate of drug-likeness (QED) is 0.638. The van der Waals surface area contributed by atoms with Gasteiger partial charge < -0.3 is 9.80 Å². The number of alkyl halides is 3. The number of aromatic nitrogens is 2. The lowest BCUT2D eigenvalue weighted by Crippen LogP contribution is -2.36. The molecule has 0 spiro atoms. The SMILES string of the molecule is CCCN(Cc1c(C(F)(F)F)nn(-c2ccccc2)c1N(C)C)C(=O)C1CCCC1. The molecule has 30 heavy (non-hydrogen) atoms. The molecule has 0 N–H and O–H groups in total. The predicted octanol–water partition coefficient (Wildman–Crippen LogP) is 4.89. The number of benzene rings is 1. The molecule has 8 heteroatoms. The van der Waals surface area contributed by atoms with Gasteiger partial charge in [0.1, 0.15) is 5.82 Å². The van der Waals surface area contributed by atoms with Crippen molar-refractivity contribution in [2.45, 2.75) is 51.7 Å². The van der Waals surface area contributed by atoms with E-state index in [9.17, 15) is 18.0 Å². The number of anilines is 1. The molecule has 1 aromatic heterocycles. The first-order valence-electron chi connectivity index (χ1n) is 10.4. The lowest BCUT2D eigenvalue weighted by atomic mass is 10.1. The molecule has 1 aliphatic carbocycles. The van der Waals surface area contributed by atoms with E-state index in [2.05, 4.69) is 5.10 Å². The molecule has 164 valence electrons. The van der Waals surface area contributed by atoms with Crippen LogP contribution in [0.5, 0.6) is 0 Å². The van der Waals surface area contributed by atoms with Gasteiger partial charge in [0.2, 0.25) is 5.91 Å². The summed E-state index contributed by atoms with van der Waals surface area (Å²) >= 11 is 0. The van der Waals surface area contributed by atoms with Crippen molar-refractivity contribution in [2.24, 2.45) is 5.92 Å². The second-order valence-electron chi connectivity index (χ2n) is 8.03. The summed E-state index contributed by atoms with van der Waals surface area (Å²) in [5, 5.41) is 3.95. The Balaban J connectivity index is 2.08. The summed E-state index contributed by atoms with van der Waals surface area (Å²) in [5.74, 6) is 0.214. The Hall–Kier alpha value is -2.51. The molecule has 2 aromatic rings. The molecule has 0 saturated heterocycles. The molecule has 0 atom stereocenters. The fourth-order valence-electron chi connectivity index (χ4n) is 4.18. The van der Waals surface area contributed by atoms with Gasteiger partial charge in [0.15, 0.2) is 5.69 Å². The number of hydrogen-bond donors (Lipinski definition) is 0. The number of para-hydroxylation sites is 1. The highest BCUT2D eigenvalue weighted by Gasteiger charge is 2.41. The zero-order chi connectivity index (χ0) is 21.9. The molecule has 0 radical (unpaired) electrons. The van der Waals surface area contributed by atoms with E-state index in [0.717, 1.165) is 25.7 Å². The van der Waals surface area contributed by atoms with E-state index in [1.54, 1.807) is 54.2 Å². The van der Waals surface area contributed by atoms with Crippen LogP contribution in [0, 0.1) is 5.92 Å². The van der Waals surface area contributed by atoms with Gasteiger partial charge in [-0.15, -0.1) is 0 Å². The van der Waals surface area contributed by atoms with Gasteiger partial charge in [0.25, 0.3) is 0 Å². The molecule has 3 rings (SSSR count). The van der Waals surface area contributed by atoms with E-state index in [1.807, 2.05) is 6.92 Å². The van der Waals surface area contributed by atoms with Crippen molar-refractivity contribution in [3.05, 3.63) is 41.6 Å². The number of nitrogens with zero attached hydrogens (tertiary/aromatic N) is 4. The van der Waals surface area contributed by atoms with E-state index < -0.39 is 11.9 Å². The molecule has 1 fully saturated rings. The van der Waals surface area contributed by atoms with Crippen LogP contribution in [0.2, 0.25) is 0 Å². The van der Waals surface area contributed by atoms with Gasteiger partial charge in [-0.05, 0) is 31.4 Å². The van der Waals surface area contributed by atoms with Crippen molar-refractivity contribution in [3.8, 4) is 5.69 Å². The zero-order valence-electron chi connectivity index (χ0n) is 17.7. The van der Waals surface area contributed by atoms with Crippen LogP contribution in [0.25, 0.3) is 5.69 Å². The minimum absolute atomic E-state index is 0.0381. The van der Waals surface area contributed by atoms with Gasteiger partial charge in [0.05, 0.1) is 12.2 Å². The van der Waals surface area contributed by atoms with Crippen LogP contribution in [0.1, 0.15) is 50.3 Å². The Morgan fingerprint density at radius 3 is 2.33 bits per heavy atom. The molecule has 1 aromatic carbocycles. The van der Waals surface area contributed by atoms with Gasteiger partial charge in [-0.1, -0.05) is 38.0 Å². The third-order valence-electron chi connectivity index (χ3n) is 5.51. The van der Waals surface area contributed by atoms with E-state index in [0.29, 0.717) is 24.5 Å². The van der Waals surface area contributed by atoms with Crippen molar-refractivity contribution in [2.75, 3.05) is 25.5 Å². The molecular weight excluding hydrogens is 393 g/mol. The first kappa shape index (κ1) is 22.2. The normalized spacial score (nSPS) is 14.9. The Morgan fingerprint density at radius 2 is 1.80 bits per heavy atom. The first-order valence-corrected chi connectivity index (χ1v) is 10.4. The van der Waals surface area contributed by atoms with E-state index in [1.165, 1.54) is 4.68 Å². The molecule has 1 amide bonds. The highest BCUT2D eigenvalue weighted by Crippen LogP contribution is 2.38. The van der Waals surface area contributed by atoms with Crippen molar-refractivity contribution < 1.29 is 18.0 Å². The van der Waals surface area contributed by atoms with Crippen LogP contribution < -0.4 is 4.90 Å². The molecular formula is C22H29F3N4O. The van der Waals surface area contributed by atoms with Crippen molar-refractivity contribution in [1.29, 1.82) is 0 Å². The molecule has 1 aliphatic rings. The van der Waals surface area contributed by atoms with E-state index >= 15 is 0 Å². The standard InChI is InChI=1S/C22H29F3N4O/c1-4-14-28(21(30)16-10-8-9-11-16)15-18-19(22(23,24)25)26-29(20(18)27(2)3)17-12-6-5-7-13-17/h5-7,12-13,16H,4,8-11,14-15H2,1-3H3. The fraction of sp³-hybridized carbons (Fsp3) is 0.545. The van der Waals surface area contributed by atoms with E-state index in [4.69, 9.17) is 0 Å². The number of rotatable bonds is 7. The average molecular weight is 422 g/mol. The fourth-order valence-corrected chi connectivity index (χ4v) is 4.18. The van der Waals surface area contributed by atoms with Crippen molar-refractivity contribution in [3.63, 3.8) is 0 Å². The van der Waals surface area contributed by atoms with Crippen molar-refractivity contribution >= 4 is 11.7 Å². The summed E-state index contributed by atoms with van der Waals surface area (Å²) in [6.45, 7) is 2.26. The Kier molecular flexibility index (Phi) is 6.73. The van der Waals surface area contributed by atoms with Crippen LogP contribution >= 0.6 is 0 Å². The maximum Gasteiger partial charge on any atom is 0.435 e. The highest BCUT2D eigenvalue weighted by atomic mass is 19.4. The monoisotopic (exact) mass is 422 g/mol. The minimum Gasteiger partial charge on any atom is -0.362 e. The first-order chi connectivity index (χ1) is 14.2. The van der Waals surface area contributed by atoms with Crippen LogP contribution in [0.15, 0.2) is 30.3 Å². The van der Waals surface area contributed by atoms with E-state index in [-0.39, 0.29) is 23.9 Å². The molecule has 0 unspecified atom stereocenters. The van der Waals surface area contributed by atoms with Gasteiger partial charge in [-0.2, -0.15) is 18.3 Å². The summed E-state index contributed by atoms with van der Waals surface area (Å²) in [6.07, 6.45) is -0.305. The number of amides is 1. The Labute approximate surface area is 175 Å². The second kappa shape index (κ2) is 9.10. The molecule has 0 aliphatic heterocycles. The number of carbonyl (C=O) groups is 1. The summed E-state index contributed by atoms with van der Waals surface area (Å²) in [4.78, 5) is 16.3. The molecule has 0 bridgehead atoms. The predicted molar refractivity (Wildman–Crippen MR) is 111 cm³/mol.